The Morgan fingerprint density at radius 3 is 2.21 bits per heavy atom. The minimum absolute atomic E-state index is 0.128. The average molecular weight is 401 g/mol. The minimum Gasteiger partial charge on any atom is -0.349 e. The van der Waals surface area contributed by atoms with Crippen LogP contribution in [0.25, 0.3) is 0 Å². The number of amides is 1. The van der Waals surface area contributed by atoms with Crippen LogP contribution in [0.15, 0.2) is 41.3 Å². The third kappa shape index (κ3) is 4.93. The van der Waals surface area contributed by atoms with Gasteiger partial charge in [-0.2, -0.15) is 0 Å². The predicted octanol–water partition coefficient (Wildman–Crippen LogP) is 4.48. The van der Waals surface area contributed by atoms with E-state index in [2.05, 4.69) is 10.0 Å². The van der Waals surface area contributed by atoms with E-state index in [0.717, 1.165) is 36.8 Å². The van der Waals surface area contributed by atoms with Crippen molar-refractivity contribution in [3.05, 3.63) is 58.7 Å². The number of benzene rings is 2. The number of carbonyl (C=O) groups excluding carboxylic acids is 1. The fourth-order valence-corrected chi connectivity index (χ4v) is 5.10. The Morgan fingerprint density at radius 1 is 0.929 bits per heavy atom. The molecular formula is C22H28N2O3S. The van der Waals surface area contributed by atoms with Gasteiger partial charge in [-0.15, -0.1) is 0 Å². The second kappa shape index (κ2) is 8.35. The van der Waals surface area contributed by atoms with E-state index in [1.807, 2.05) is 19.9 Å². The molecule has 5 nitrogen and oxygen atoms in total. The van der Waals surface area contributed by atoms with E-state index in [9.17, 15) is 13.2 Å². The molecule has 0 heterocycles. The lowest BCUT2D eigenvalue weighted by Crippen LogP contribution is -2.36. The molecule has 2 N–H and O–H groups in total. The summed E-state index contributed by atoms with van der Waals surface area (Å²) in [6.07, 6.45) is 5.42. The van der Waals surface area contributed by atoms with Crippen LogP contribution in [-0.4, -0.2) is 20.4 Å². The molecule has 0 atom stereocenters. The molecule has 0 aromatic heterocycles. The van der Waals surface area contributed by atoms with Crippen LogP contribution in [0, 0.1) is 20.8 Å². The highest BCUT2D eigenvalue weighted by Crippen LogP contribution is 2.23. The van der Waals surface area contributed by atoms with Gasteiger partial charge < -0.3 is 5.32 Å². The molecule has 0 aliphatic heterocycles. The Labute approximate surface area is 167 Å². The summed E-state index contributed by atoms with van der Waals surface area (Å²) in [4.78, 5) is 12.8. The molecule has 0 bridgehead atoms. The van der Waals surface area contributed by atoms with Gasteiger partial charge in [-0.1, -0.05) is 31.4 Å². The molecule has 1 amide bonds. The zero-order chi connectivity index (χ0) is 20.3. The van der Waals surface area contributed by atoms with Crippen molar-refractivity contribution in [2.75, 3.05) is 4.72 Å². The number of hydrogen-bond acceptors (Lipinski definition) is 3. The number of carbonyl (C=O) groups is 1. The molecule has 6 heteroatoms. The Morgan fingerprint density at radius 2 is 1.57 bits per heavy atom. The molecule has 1 aliphatic rings. The molecule has 2 aromatic carbocycles. The second-order valence-corrected chi connectivity index (χ2v) is 9.42. The van der Waals surface area contributed by atoms with Gasteiger partial charge in [0.2, 0.25) is 0 Å². The van der Waals surface area contributed by atoms with Crippen LogP contribution in [0.3, 0.4) is 0 Å². The Bertz CT molecular complexity index is 957. The lowest BCUT2D eigenvalue weighted by atomic mass is 9.95. The molecule has 1 fully saturated rings. The van der Waals surface area contributed by atoms with Gasteiger partial charge in [0.25, 0.3) is 15.9 Å². The zero-order valence-corrected chi connectivity index (χ0v) is 17.5. The SMILES string of the molecule is Cc1cc(C)cc(NS(=O)(=O)c2cc(C(=O)NC3CCCCC3)ccc2C)c1. The highest BCUT2D eigenvalue weighted by atomic mass is 32.2. The van der Waals surface area contributed by atoms with Crippen LogP contribution in [-0.2, 0) is 10.0 Å². The summed E-state index contributed by atoms with van der Waals surface area (Å²) in [6, 6.07) is 10.6. The lowest BCUT2D eigenvalue weighted by Gasteiger charge is -2.23. The van der Waals surface area contributed by atoms with Crippen LogP contribution >= 0.6 is 0 Å². The van der Waals surface area contributed by atoms with Crippen molar-refractivity contribution >= 4 is 21.6 Å². The first-order valence-electron chi connectivity index (χ1n) is 9.77. The van der Waals surface area contributed by atoms with Gasteiger partial charge in [-0.05, 0) is 74.6 Å². The molecule has 0 spiro atoms. The number of aryl methyl sites for hydroxylation is 3. The van der Waals surface area contributed by atoms with E-state index in [-0.39, 0.29) is 16.8 Å². The maximum absolute atomic E-state index is 13.0. The summed E-state index contributed by atoms with van der Waals surface area (Å²) >= 11 is 0. The van der Waals surface area contributed by atoms with E-state index in [4.69, 9.17) is 0 Å². The Kier molecular flexibility index (Phi) is 6.08. The summed E-state index contributed by atoms with van der Waals surface area (Å²) in [7, 11) is -3.80. The first-order valence-corrected chi connectivity index (χ1v) is 11.3. The highest BCUT2D eigenvalue weighted by molar-refractivity contribution is 7.92. The molecular weight excluding hydrogens is 372 g/mol. The van der Waals surface area contributed by atoms with E-state index in [0.29, 0.717) is 16.8 Å². The fourth-order valence-electron chi connectivity index (χ4n) is 3.79. The third-order valence-corrected chi connectivity index (χ3v) is 6.68. The summed E-state index contributed by atoms with van der Waals surface area (Å²) in [6.45, 7) is 5.58. The summed E-state index contributed by atoms with van der Waals surface area (Å²) in [5, 5.41) is 3.04. The van der Waals surface area contributed by atoms with E-state index in [1.54, 1.807) is 31.2 Å². The van der Waals surface area contributed by atoms with Gasteiger partial charge >= 0.3 is 0 Å². The molecule has 0 saturated heterocycles. The zero-order valence-electron chi connectivity index (χ0n) is 16.7. The number of rotatable bonds is 5. The number of nitrogens with one attached hydrogen (secondary N) is 2. The van der Waals surface area contributed by atoms with Crippen LogP contribution in [0.2, 0.25) is 0 Å². The number of anilines is 1. The maximum Gasteiger partial charge on any atom is 0.262 e. The van der Waals surface area contributed by atoms with Crippen molar-refractivity contribution in [3.63, 3.8) is 0 Å². The number of hydrogen-bond donors (Lipinski definition) is 2. The van der Waals surface area contributed by atoms with Gasteiger partial charge in [0.05, 0.1) is 4.90 Å². The molecule has 1 saturated carbocycles. The van der Waals surface area contributed by atoms with Gasteiger partial charge in [-0.25, -0.2) is 8.42 Å². The van der Waals surface area contributed by atoms with Crippen molar-refractivity contribution in [3.8, 4) is 0 Å². The van der Waals surface area contributed by atoms with Crippen molar-refractivity contribution < 1.29 is 13.2 Å². The maximum atomic E-state index is 13.0. The Balaban J connectivity index is 1.84. The van der Waals surface area contributed by atoms with Crippen molar-refractivity contribution in [2.24, 2.45) is 0 Å². The van der Waals surface area contributed by atoms with Gasteiger partial charge in [-0.3, -0.25) is 9.52 Å². The van der Waals surface area contributed by atoms with E-state index < -0.39 is 10.0 Å². The van der Waals surface area contributed by atoms with Crippen LogP contribution in [0.4, 0.5) is 5.69 Å². The highest BCUT2D eigenvalue weighted by Gasteiger charge is 2.21. The summed E-state index contributed by atoms with van der Waals surface area (Å²) in [5.74, 6) is -0.213. The van der Waals surface area contributed by atoms with E-state index in [1.165, 1.54) is 12.5 Å². The van der Waals surface area contributed by atoms with Gasteiger partial charge in [0, 0.05) is 17.3 Å². The molecule has 3 rings (SSSR count). The van der Waals surface area contributed by atoms with Gasteiger partial charge in [0.1, 0.15) is 0 Å². The minimum atomic E-state index is -3.80. The standard InChI is InChI=1S/C22H28N2O3S/c1-15-11-16(2)13-20(12-15)24-28(26,27)21-14-18(10-9-17(21)3)22(25)23-19-7-5-4-6-8-19/h9-14,19,24H,4-8H2,1-3H3,(H,23,25). The van der Waals surface area contributed by atoms with E-state index >= 15 is 0 Å². The molecule has 150 valence electrons. The normalized spacial score (nSPS) is 15.2. The van der Waals surface area contributed by atoms with Crippen molar-refractivity contribution in [1.29, 1.82) is 0 Å². The van der Waals surface area contributed by atoms with Crippen molar-refractivity contribution in [1.82, 2.24) is 5.32 Å². The molecule has 2 aromatic rings. The first kappa shape index (κ1) is 20.4. The molecule has 28 heavy (non-hydrogen) atoms. The lowest BCUT2D eigenvalue weighted by molar-refractivity contribution is 0.0927. The first-order chi connectivity index (χ1) is 13.2. The average Bonchev–Trinajstić information content (AvgIpc) is 2.61. The molecule has 0 radical (unpaired) electrons. The largest absolute Gasteiger partial charge is 0.349 e. The predicted molar refractivity (Wildman–Crippen MR) is 112 cm³/mol. The Hall–Kier alpha value is -2.34. The fraction of sp³-hybridized carbons (Fsp3) is 0.409. The number of sulfonamides is 1. The quantitative estimate of drug-likeness (QED) is 0.777. The second-order valence-electron chi connectivity index (χ2n) is 7.77. The monoisotopic (exact) mass is 400 g/mol. The smallest absolute Gasteiger partial charge is 0.262 e. The summed E-state index contributed by atoms with van der Waals surface area (Å²) in [5.41, 5.74) is 3.46. The third-order valence-electron chi connectivity index (χ3n) is 5.15. The van der Waals surface area contributed by atoms with Crippen molar-refractivity contribution in [2.45, 2.75) is 63.8 Å². The van der Waals surface area contributed by atoms with Crippen LogP contribution in [0.5, 0.6) is 0 Å². The topological polar surface area (TPSA) is 75.3 Å². The van der Waals surface area contributed by atoms with Gasteiger partial charge in [0.15, 0.2) is 0 Å². The summed E-state index contributed by atoms with van der Waals surface area (Å²) < 4.78 is 28.6. The van der Waals surface area contributed by atoms with Crippen LogP contribution in [0.1, 0.15) is 59.2 Å². The molecule has 0 unspecified atom stereocenters. The molecule has 1 aliphatic carbocycles. The van der Waals surface area contributed by atoms with Crippen LogP contribution < -0.4 is 10.0 Å².